The standard InChI is InChI=1S/C22H19NO4S/c1-13-5-8-15(9-6-13)20(24)18-19(17-10-7-14(2)27-17)23(22(26)21(18)25)12-16-4-3-11-28-16/h3-11,19,24H,12H2,1-2H3/b20-18-. The molecule has 1 amide bonds. The molecule has 0 saturated carbocycles. The molecule has 4 rings (SSSR count). The number of ketones is 1. The Balaban J connectivity index is 1.85. The van der Waals surface area contributed by atoms with Crippen LogP contribution in [0.3, 0.4) is 0 Å². The third-order valence-electron chi connectivity index (χ3n) is 4.80. The molecule has 1 saturated heterocycles. The average Bonchev–Trinajstić information content (AvgIpc) is 3.39. The van der Waals surface area contributed by atoms with Crippen LogP contribution in [-0.2, 0) is 16.1 Å². The van der Waals surface area contributed by atoms with Crippen molar-refractivity contribution in [2.45, 2.75) is 26.4 Å². The molecular formula is C22H19NO4S. The van der Waals surface area contributed by atoms with Crippen molar-refractivity contribution < 1.29 is 19.1 Å². The van der Waals surface area contributed by atoms with Crippen molar-refractivity contribution in [2.24, 2.45) is 0 Å². The van der Waals surface area contributed by atoms with Crippen molar-refractivity contribution in [1.29, 1.82) is 0 Å². The van der Waals surface area contributed by atoms with Gasteiger partial charge in [-0.25, -0.2) is 0 Å². The highest BCUT2D eigenvalue weighted by Crippen LogP contribution is 2.41. The third-order valence-corrected chi connectivity index (χ3v) is 5.66. The van der Waals surface area contributed by atoms with E-state index in [4.69, 9.17) is 4.42 Å². The normalized spacial score (nSPS) is 18.8. The van der Waals surface area contributed by atoms with Crippen LogP contribution in [0.2, 0.25) is 0 Å². The zero-order valence-electron chi connectivity index (χ0n) is 15.5. The summed E-state index contributed by atoms with van der Waals surface area (Å²) in [4.78, 5) is 28.1. The molecule has 0 spiro atoms. The Morgan fingerprint density at radius 3 is 2.46 bits per heavy atom. The van der Waals surface area contributed by atoms with E-state index in [0.29, 0.717) is 17.1 Å². The van der Waals surface area contributed by atoms with E-state index in [1.54, 1.807) is 31.2 Å². The van der Waals surface area contributed by atoms with Gasteiger partial charge in [0.1, 0.15) is 23.3 Å². The molecule has 0 bridgehead atoms. The number of rotatable bonds is 4. The largest absolute Gasteiger partial charge is 0.507 e. The van der Waals surface area contributed by atoms with E-state index in [2.05, 4.69) is 0 Å². The zero-order chi connectivity index (χ0) is 19.8. The van der Waals surface area contributed by atoms with E-state index in [1.165, 1.54) is 16.2 Å². The SMILES string of the molecule is Cc1ccc(/C(O)=C2/C(=O)C(=O)N(Cc3cccs3)C2c2ccc(C)o2)cc1. The Morgan fingerprint density at radius 1 is 1.11 bits per heavy atom. The molecule has 5 nitrogen and oxygen atoms in total. The van der Waals surface area contributed by atoms with Gasteiger partial charge in [-0.3, -0.25) is 9.59 Å². The fourth-order valence-corrected chi connectivity index (χ4v) is 4.08. The lowest BCUT2D eigenvalue weighted by Gasteiger charge is -2.22. The molecule has 1 atom stereocenters. The molecule has 0 radical (unpaired) electrons. The predicted molar refractivity (Wildman–Crippen MR) is 107 cm³/mol. The van der Waals surface area contributed by atoms with E-state index >= 15 is 0 Å². The van der Waals surface area contributed by atoms with Crippen molar-refractivity contribution in [3.8, 4) is 0 Å². The highest BCUT2D eigenvalue weighted by Gasteiger charge is 2.47. The van der Waals surface area contributed by atoms with Gasteiger partial charge in [0.25, 0.3) is 11.7 Å². The van der Waals surface area contributed by atoms with Gasteiger partial charge in [0.2, 0.25) is 0 Å². The molecule has 142 valence electrons. The molecule has 28 heavy (non-hydrogen) atoms. The molecule has 3 aromatic rings. The van der Waals surface area contributed by atoms with Gasteiger partial charge < -0.3 is 14.4 Å². The number of Topliss-reactive ketones (excluding diaryl/α,β-unsaturated/α-hetero) is 1. The molecule has 1 aliphatic rings. The van der Waals surface area contributed by atoms with E-state index < -0.39 is 17.7 Å². The first-order valence-electron chi connectivity index (χ1n) is 8.90. The number of thiophene rings is 1. The lowest BCUT2D eigenvalue weighted by atomic mass is 9.99. The van der Waals surface area contributed by atoms with Gasteiger partial charge in [-0.2, -0.15) is 0 Å². The summed E-state index contributed by atoms with van der Waals surface area (Å²) in [5.41, 5.74) is 1.58. The second-order valence-corrected chi connectivity index (χ2v) is 7.85. The number of carbonyl (C=O) groups excluding carboxylic acids is 2. The molecule has 1 aliphatic heterocycles. The summed E-state index contributed by atoms with van der Waals surface area (Å²) in [5.74, 6) is -0.394. The number of benzene rings is 1. The number of hydrogen-bond acceptors (Lipinski definition) is 5. The summed E-state index contributed by atoms with van der Waals surface area (Å²) in [6, 6.07) is 13.7. The fourth-order valence-electron chi connectivity index (χ4n) is 3.38. The average molecular weight is 393 g/mol. The summed E-state index contributed by atoms with van der Waals surface area (Å²) in [5, 5.41) is 12.8. The number of furan rings is 1. The van der Waals surface area contributed by atoms with E-state index in [9.17, 15) is 14.7 Å². The Bertz CT molecular complexity index is 1060. The maximum absolute atomic E-state index is 12.9. The highest BCUT2D eigenvalue weighted by molar-refractivity contribution is 7.09. The van der Waals surface area contributed by atoms with Crippen LogP contribution in [-0.4, -0.2) is 21.7 Å². The molecule has 1 unspecified atom stereocenters. The maximum Gasteiger partial charge on any atom is 0.296 e. The summed E-state index contributed by atoms with van der Waals surface area (Å²) in [6.45, 7) is 4.02. The van der Waals surface area contributed by atoms with Crippen LogP contribution in [0.5, 0.6) is 0 Å². The quantitative estimate of drug-likeness (QED) is 0.400. The molecule has 0 aliphatic carbocycles. The van der Waals surface area contributed by atoms with Crippen LogP contribution in [0.15, 0.2) is 63.9 Å². The van der Waals surface area contributed by atoms with Gasteiger partial charge in [-0.1, -0.05) is 35.9 Å². The first kappa shape index (κ1) is 18.3. The number of carbonyl (C=O) groups is 2. The number of hydrogen-bond donors (Lipinski definition) is 1. The Kier molecular flexibility index (Phi) is 4.65. The van der Waals surface area contributed by atoms with Crippen LogP contribution in [0, 0.1) is 13.8 Å². The van der Waals surface area contributed by atoms with E-state index in [0.717, 1.165) is 10.4 Å². The van der Waals surface area contributed by atoms with Crippen molar-refractivity contribution in [3.05, 3.63) is 87.0 Å². The van der Waals surface area contributed by atoms with Gasteiger partial charge >= 0.3 is 0 Å². The van der Waals surface area contributed by atoms with Gasteiger partial charge in [-0.15, -0.1) is 11.3 Å². The monoisotopic (exact) mass is 393 g/mol. The summed E-state index contributed by atoms with van der Waals surface area (Å²) in [7, 11) is 0. The van der Waals surface area contributed by atoms with Crippen LogP contribution in [0.4, 0.5) is 0 Å². The molecule has 3 heterocycles. The smallest absolute Gasteiger partial charge is 0.296 e. The van der Waals surface area contributed by atoms with E-state index in [-0.39, 0.29) is 17.9 Å². The Labute approximate surface area is 166 Å². The fraction of sp³-hybridized carbons (Fsp3) is 0.182. The summed E-state index contributed by atoms with van der Waals surface area (Å²) >= 11 is 1.51. The maximum atomic E-state index is 12.9. The lowest BCUT2D eigenvalue weighted by Crippen LogP contribution is -2.28. The second kappa shape index (κ2) is 7.13. The number of amides is 1. The van der Waals surface area contributed by atoms with Crippen LogP contribution in [0.1, 0.15) is 33.6 Å². The number of aryl methyl sites for hydroxylation is 2. The highest BCUT2D eigenvalue weighted by atomic mass is 32.1. The number of nitrogens with zero attached hydrogens (tertiary/aromatic N) is 1. The van der Waals surface area contributed by atoms with E-state index in [1.807, 2.05) is 36.6 Å². The minimum Gasteiger partial charge on any atom is -0.507 e. The number of aliphatic hydroxyl groups excluding tert-OH is 1. The first-order chi connectivity index (χ1) is 13.5. The summed E-state index contributed by atoms with van der Waals surface area (Å²) < 4.78 is 5.76. The minimum atomic E-state index is -0.767. The predicted octanol–water partition coefficient (Wildman–Crippen LogP) is 4.58. The van der Waals surface area contributed by atoms with Gasteiger partial charge in [0.15, 0.2) is 0 Å². The summed E-state index contributed by atoms with van der Waals surface area (Å²) in [6.07, 6.45) is 0. The van der Waals surface area contributed by atoms with Gasteiger partial charge in [-0.05, 0) is 37.4 Å². The first-order valence-corrected chi connectivity index (χ1v) is 9.78. The van der Waals surface area contributed by atoms with Crippen molar-refractivity contribution in [2.75, 3.05) is 0 Å². The molecule has 1 fully saturated rings. The van der Waals surface area contributed by atoms with Crippen LogP contribution >= 0.6 is 11.3 Å². The second-order valence-electron chi connectivity index (χ2n) is 6.82. The lowest BCUT2D eigenvalue weighted by molar-refractivity contribution is -0.140. The molecule has 1 N–H and O–H groups in total. The number of likely N-dealkylation sites (tertiary alicyclic amines) is 1. The van der Waals surface area contributed by atoms with Crippen molar-refractivity contribution in [1.82, 2.24) is 4.90 Å². The van der Waals surface area contributed by atoms with Crippen LogP contribution in [0.25, 0.3) is 5.76 Å². The third kappa shape index (κ3) is 3.16. The Hall–Kier alpha value is -3.12. The zero-order valence-corrected chi connectivity index (χ0v) is 16.3. The van der Waals surface area contributed by atoms with Crippen LogP contribution < -0.4 is 0 Å². The minimum absolute atomic E-state index is 0.0553. The molecule has 2 aromatic heterocycles. The topological polar surface area (TPSA) is 70.8 Å². The van der Waals surface area contributed by atoms with Crippen molar-refractivity contribution in [3.63, 3.8) is 0 Å². The number of aliphatic hydroxyl groups is 1. The molecular weight excluding hydrogens is 374 g/mol. The van der Waals surface area contributed by atoms with Crippen molar-refractivity contribution >= 4 is 28.8 Å². The molecule has 6 heteroatoms. The van der Waals surface area contributed by atoms with Gasteiger partial charge in [0.05, 0.1) is 12.1 Å². The Morgan fingerprint density at radius 2 is 1.86 bits per heavy atom. The van der Waals surface area contributed by atoms with Gasteiger partial charge in [0, 0.05) is 10.4 Å². The molecule has 1 aromatic carbocycles.